The molecule has 106 valence electrons. The van der Waals surface area contributed by atoms with Gasteiger partial charge in [-0.2, -0.15) is 0 Å². The number of rotatable bonds is 3. The average Bonchev–Trinajstić information content (AvgIpc) is 2.38. The first-order valence-electron chi connectivity index (χ1n) is 6.03. The van der Waals surface area contributed by atoms with Gasteiger partial charge < -0.3 is 5.73 Å². The number of nitrogens with two attached hydrogens (primary N) is 1. The summed E-state index contributed by atoms with van der Waals surface area (Å²) in [5.74, 6) is -3.98. The van der Waals surface area contributed by atoms with Gasteiger partial charge in [-0.05, 0) is 48.2 Å². The van der Waals surface area contributed by atoms with Crippen LogP contribution in [0.25, 0.3) is 0 Å². The van der Waals surface area contributed by atoms with Crippen molar-refractivity contribution in [3.05, 3.63) is 69.5 Å². The molecule has 2 rings (SSSR count). The zero-order valence-electron chi connectivity index (χ0n) is 10.8. The van der Waals surface area contributed by atoms with Crippen molar-refractivity contribution in [1.29, 1.82) is 0 Å². The molecule has 0 aliphatic carbocycles. The molecule has 0 saturated heterocycles. The highest BCUT2D eigenvalue weighted by molar-refractivity contribution is 6.31. The minimum Gasteiger partial charge on any atom is -0.324 e. The summed E-state index contributed by atoms with van der Waals surface area (Å²) in [7, 11) is 0. The molecule has 0 aliphatic rings. The second-order valence-corrected chi connectivity index (χ2v) is 5.11. The van der Waals surface area contributed by atoms with Crippen LogP contribution in [-0.2, 0) is 6.42 Å². The Kier molecular flexibility index (Phi) is 4.35. The summed E-state index contributed by atoms with van der Waals surface area (Å²) in [5.41, 5.74) is 7.88. The van der Waals surface area contributed by atoms with Crippen LogP contribution in [0.4, 0.5) is 13.2 Å². The predicted molar refractivity (Wildman–Crippen MR) is 73.1 cm³/mol. The molecule has 1 unspecified atom stereocenters. The first-order chi connectivity index (χ1) is 9.38. The molecule has 0 fully saturated rings. The molecule has 0 aliphatic heterocycles. The Morgan fingerprint density at radius 3 is 2.25 bits per heavy atom. The lowest BCUT2D eigenvalue weighted by atomic mass is 9.98. The molecular weight excluding hydrogens is 287 g/mol. The van der Waals surface area contributed by atoms with Gasteiger partial charge in [-0.25, -0.2) is 13.2 Å². The lowest BCUT2D eigenvalue weighted by molar-refractivity contribution is 0.443. The Morgan fingerprint density at radius 2 is 1.70 bits per heavy atom. The molecule has 0 bridgehead atoms. The van der Waals surface area contributed by atoms with E-state index in [4.69, 9.17) is 17.3 Å². The first-order valence-corrected chi connectivity index (χ1v) is 6.41. The standard InChI is InChI=1S/C15H13ClF3N/c1-8-2-3-9(11(16)4-8)7-14(20)10-5-12(17)15(19)13(18)6-10/h2-6,14H,7,20H2,1H3. The van der Waals surface area contributed by atoms with Crippen LogP contribution in [0.3, 0.4) is 0 Å². The van der Waals surface area contributed by atoms with Gasteiger partial charge in [-0.15, -0.1) is 0 Å². The van der Waals surface area contributed by atoms with E-state index in [0.29, 0.717) is 11.4 Å². The Bertz CT molecular complexity index is 620. The SMILES string of the molecule is Cc1ccc(CC(N)c2cc(F)c(F)c(F)c2)c(Cl)c1. The van der Waals surface area contributed by atoms with E-state index in [0.717, 1.165) is 23.3 Å². The van der Waals surface area contributed by atoms with Crippen LogP contribution in [0.5, 0.6) is 0 Å². The molecule has 0 radical (unpaired) electrons. The summed E-state index contributed by atoms with van der Waals surface area (Å²) < 4.78 is 39.2. The van der Waals surface area contributed by atoms with Gasteiger partial charge in [0.1, 0.15) is 0 Å². The highest BCUT2D eigenvalue weighted by Crippen LogP contribution is 2.25. The van der Waals surface area contributed by atoms with Gasteiger partial charge >= 0.3 is 0 Å². The van der Waals surface area contributed by atoms with E-state index < -0.39 is 23.5 Å². The van der Waals surface area contributed by atoms with E-state index in [1.54, 1.807) is 6.07 Å². The van der Waals surface area contributed by atoms with E-state index in [1.807, 2.05) is 19.1 Å². The zero-order chi connectivity index (χ0) is 14.9. The Balaban J connectivity index is 2.26. The molecule has 5 heteroatoms. The van der Waals surface area contributed by atoms with Gasteiger partial charge in [0.15, 0.2) is 17.5 Å². The van der Waals surface area contributed by atoms with Crippen molar-refractivity contribution in [2.24, 2.45) is 5.73 Å². The summed E-state index contributed by atoms with van der Waals surface area (Å²) in [6, 6.07) is 6.62. The van der Waals surface area contributed by atoms with Gasteiger partial charge in [0, 0.05) is 11.1 Å². The molecule has 1 nitrogen and oxygen atoms in total. The van der Waals surface area contributed by atoms with Crippen LogP contribution in [0.1, 0.15) is 22.7 Å². The van der Waals surface area contributed by atoms with E-state index in [9.17, 15) is 13.2 Å². The lowest BCUT2D eigenvalue weighted by Gasteiger charge is -2.14. The highest BCUT2D eigenvalue weighted by Gasteiger charge is 2.16. The summed E-state index contributed by atoms with van der Waals surface area (Å²) >= 11 is 6.09. The average molecular weight is 300 g/mol. The van der Waals surface area contributed by atoms with E-state index in [2.05, 4.69) is 0 Å². The number of aryl methyl sites for hydroxylation is 1. The minimum atomic E-state index is -1.49. The van der Waals surface area contributed by atoms with E-state index >= 15 is 0 Å². The maximum atomic E-state index is 13.2. The molecular formula is C15H13ClF3N. The molecule has 2 aromatic rings. The van der Waals surface area contributed by atoms with Gasteiger partial charge in [0.2, 0.25) is 0 Å². The molecule has 0 spiro atoms. The van der Waals surface area contributed by atoms with Crippen LogP contribution in [0.15, 0.2) is 30.3 Å². The quantitative estimate of drug-likeness (QED) is 0.840. The van der Waals surface area contributed by atoms with Crippen LogP contribution in [-0.4, -0.2) is 0 Å². The van der Waals surface area contributed by atoms with E-state index in [-0.39, 0.29) is 5.56 Å². The second-order valence-electron chi connectivity index (χ2n) is 4.70. The van der Waals surface area contributed by atoms with Crippen molar-refractivity contribution in [2.45, 2.75) is 19.4 Å². The molecule has 0 heterocycles. The predicted octanol–water partition coefficient (Wildman–Crippen LogP) is 4.31. The van der Waals surface area contributed by atoms with Crippen molar-refractivity contribution in [3.8, 4) is 0 Å². The molecule has 20 heavy (non-hydrogen) atoms. The van der Waals surface area contributed by atoms with Crippen molar-refractivity contribution >= 4 is 11.6 Å². The van der Waals surface area contributed by atoms with Crippen molar-refractivity contribution in [3.63, 3.8) is 0 Å². The van der Waals surface area contributed by atoms with Gasteiger partial charge in [-0.3, -0.25) is 0 Å². The van der Waals surface area contributed by atoms with Gasteiger partial charge in [0.25, 0.3) is 0 Å². The second kappa shape index (κ2) is 5.85. The summed E-state index contributed by atoms with van der Waals surface area (Å²) in [6.45, 7) is 1.90. The molecule has 1 atom stereocenters. The molecule has 0 aromatic heterocycles. The zero-order valence-corrected chi connectivity index (χ0v) is 11.5. The van der Waals surface area contributed by atoms with Crippen LogP contribution in [0.2, 0.25) is 5.02 Å². The fraction of sp³-hybridized carbons (Fsp3) is 0.200. The number of benzene rings is 2. The lowest BCUT2D eigenvalue weighted by Crippen LogP contribution is -2.15. The third kappa shape index (κ3) is 3.14. The third-order valence-corrected chi connectivity index (χ3v) is 3.43. The summed E-state index contributed by atoms with van der Waals surface area (Å²) in [5, 5.41) is 0.545. The Labute approximate surface area is 120 Å². The summed E-state index contributed by atoms with van der Waals surface area (Å²) in [6.07, 6.45) is 0.309. The maximum absolute atomic E-state index is 13.2. The monoisotopic (exact) mass is 299 g/mol. The largest absolute Gasteiger partial charge is 0.324 e. The fourth-order valence-electron chi connectivity index (χ4n) is 1.96. The van der Waals surface area contributed by atoms with Crippen molar-refractivity contribution < 1.29 is 13.2 Å². The van der Waals surface area contributed by atoms with Crippen LogP contribution >= 0.6 is 11.6 Å². The maximum Gasteiger partial charge on any atom is 0.194 e. The molecule has 0 saturated carbocycles. The fourth-order valence-corrected chi connectivity index (χ4v) is 2.27. The van der Waals surface area contributed by atoms with Crippen LogP contribution in [0, 0.1) is 24.4 Å². The minimum absolute atomic E-state index is 0.193. The topological polar surface area (TPSA) is 26.0 Å². The highest BCUT2D eigenvalue weighted by atomic mass is 35.5. The molecule has 2 N–H and O–H groups in total. The summed E-state index contributed by atoms with van der Waals surface area (Å²) in [4.78, 5) is 0. The van der Waals surface area contributed by atoms with Gasteiger partial charge in [-0.1, -0.05) is 23.7 Å². The number of hydrogen-bond donors (Lipinski definition) is 1. The van der Waals surface area contributed by atoms with Crippen molar-refractivity contribution in [2.75, 3.05) is 0 Å². The van der Waals surface area contributed by atoms with Crippen LogP contribution < -0.4 is 5.73 Å². The smallest absolute Gasteiger partial charge is 0.194 e. The van der Waals surface area contributed by atoms with Crippen molar-refractivity contribution in [1.82, 2.24) is 0 Å². The Morgan fingerprint density at radius 1 is 1.10 bits per heavy atom. The number of halogens is 4. The molecule has 0 amide bonds. The third-order valence-electron chi connectivity index (χ3n) is 3.08. The normalized spacial score (nSPS) is 12.5. The van der Waals surface area contributed by atoms with E-state index in [1.165, 1.54) is 0 Å². The van der Waals surface area contributed by atoms with Gasteiger partial charge in [0.05, 0.1) is 0 Å². The first kappa shape index (κ1) is 14.9. The Hall–Kier alpha value is -1.52. The molecule has 2 aromatic carbocycles. The number of hydrogen-bond acceptors (Lipinski definition) is 1.